The van der Waals surface area contributed by atoms with Crippen molar-refractivity contribution in [1.29, 1.82) is 0 Å². The molecule has 0 amide bonds. The number of benzene rings is 1. The lowest BCUT2D eigenvalue weighted by atomic mass is 10.1. The van der Waals surface area contributed by atoms with E-state index in [4.69, 9.17) is 5.73 Å². The lowest BCUT2D eigenvalue weighted by molar-refractivity contribution is 0.851. The maximum absolute atomic E-state index is 5.67. The number of hydrogen-bond donors (Lipinski definition) is 1. The van der Waals surface area contributed by atoms with Gasteiger partial charge in [0.05, 0.1) is 10.3 Å². The van der Waals surface area contributed by atoms with Crippen LogP contribution in [-0.2, 0) is 13.0 Å². The number of fused-ring (bicyclic) bond motifs is 1. The SMILES string of the molecule is NCCc1cccc2c1ccn2Cc1ccc(Br)s1. The number of rotatable bonds is 4. The standard InChI is InChI=1S/C15H15BrN2S/c16-15-5-4-12(19-15)10-18-9-7-13-11(6-8-17)2-1-3-14(13)18/h1-5,7,9H,6,8,10,17H2. The second-order valence-corrected chi connectivity index (χ2v) is 7.09. The fraction of sp³-hybridized carbons (Fsp3) is 0.200. The van der Waals surface area contributed by atoms with Crippen LogP contribution in [0.3, 0.4) is 0 Å². The number of aromatic nitrogens is 1. The molecule has 2 aromatic heterocycles. The van der Waals surface area contributed by atoms with E-state index in [-0.39, 0.29) is 0 Å². The first-order chi connectivity index (χ1) is 9.28. The van der Waals surface area contributed by atoms with E-state index in [2.05, 4.69) is 63.1 Å². The van der Waals surface area contributed by atoms with E-state index >= 15 is 0 Å². The summed E-state index contributed by atoms with van der Waals surface area (Å²) in [6.45, 7) is 1.62. The van der Waals surface area contributed by atoms with Crippen molar-refractivity contribution in [1.82, 2.24) is 4.57 Å². The summed E-state index contributed by atoms with van der Waals surface area (Å²) in [5.41, 5.74) is 8.30. The van der Waals surface area contributed by atoms with Gasteiger partial charge in [-0.15, -0.1) is 11.3 Å². The van der Waals surface area contributed by atoms with Crippen molar-refractivity contribution >= 4 is 38.2 Å². The van der Waals surface area contributed by atoms with E-state index in [0.29, 0.717) is 6.54 Å². The van der Waals surface area contributed by atoms with Crippen LogP contribution in [0.15, 0.2) is 46.4 Å². The van der Waals surface area contributed by atoms with Gasteiger partial charge in [0.1, 0.15) is 0 Å². The van der Waals surface area contributed by atoms with E-state index < -0.39 is 0 Å². The molecule has 4 heteroatoms. The second kappa shape index (κ2) is 5.49. The Kier molecular flexibility index (Phi) is 3.73. The van der Waals surface area contributed by atoms with Gasteiger partial charge in [0, 0.05) is 22.0 Å². The molecule has 3 aromatic rings. The molecular formula is C15H15BrN2S. The van der Waals surface area contributed by atoms with Crippen LogP contribution in [-0.4, -0.2) is 11.1 Å². The van der Waals surface area contributed by atoms with Crippen LogP contribution in [0, 0.1) is 0 Å². The maximum atomic E-state index is 5.67. The zero-order chi connectivity index (χ0) is 13.2. The van der Waals surface area contributed by atoms with Crippen LogP contribution in [0.25, 0.3) is 10.9 Å². The van der Waals surface area contributed by atoms with Crippen LogP contribution in [0.2, 0.25) is 0 Å². The molecule has 0 aliphatic heterocycles. The Balaban J connectivity index is 1.98. The summed E-state index contributed by atoms with van der Waals surface area (Å²) in [7, 11) is 0. The highest BCUT2D eigenvalue weighted by Crippen LogP contribution is 2.26. The van der Waals surface area contributed by atoms with E-state index in [1.54, 1.807) is 11.3 Å². The third kappa shape index (κ3) is 2.61. The second-order valence-electron chi connectivity index (χ2n) is 4.54. The number of halogens is 1. The van der Waals surface area contributed by atoms with Gasteiger partial charge in [0.25, 0.3) is 0 Å². The lowest BCUT2D eigenvalue weighted by Gasteiger charge is -2.05. The molecule has 0 unspecified atom stereocenters. The van der Waals surface area contributed by atoms with Crippen molar-refractivity contribution in [2.24, 2.45) is 5.73 Å². The molecule has 2 N–H and O–H groups in total. The molecule has 0 radical (unpaired) electrons. The Morgan fingerprint density at radius 2 is 2.05 bits per heavy atom. The summed E-state index contributed by atoms with van der Waals surface area (Å²) in [6.07, 6.45) is 3.10. The molecule has 0 aliphatic carbocycles. The number of nitrogens with two attached hydrogens (primary N) is 1. The van der Waals surface area contributed by atoms with Crippen LogP contribution in [0.1, 0.15) is 10.4 Å². The molecule has 1 aromatic carbocycles. The molecule has 0 spiro atoms. The third-order valence-electron chi connectivity index (χ3n) is 3.27. The van der Waals surface area contributed by atoms with Crippen molar-refractivity contribution in [3.63, 3.8) is 0 Å². The molecule has 0 saturated heterocycles. The molecule has 3 rings (SSSR count). The van der Waals surface area contributed by atoms with Gasteiger partial charge in [-0.1, -0.05) is 12.1 Å². The fourth-order valence-electron chi connectivity index (χ4n) is 2.40. The summed E-state index contributed by atoms with van der Waals surface area (Å²) in [6, 6.07) is 12.9. The number of thiophene rings is 1. The van der Waals surface area contributed by atoms with Crippen LogP contribution in [0.4, 0.5) is 0 Å². The predicted molar refractivity (Wildman–Crippen MR) is 85.8 cm³/mol. The zero-order valence-electron chi connectivity index (χ0n) is 10.5. The Labute approximate surface area is 125 Å². The maximum Gasteiger partial charge on any atom is 0.0702 e. The largest absolute Gasteiger partial charge is 0.342 e. The smallest absolute Gasteiger partial charge is 0.0702 e. The van der Waals surface area contributed by atoms with Gasteiger partial charge in [-0.05, 0) is 58.7 Å². The van der Waals surface area contributed by atoms with Crippen LogP contribution < -0.4 is 5.73 Å². The minimum absolute atomic E-state index is 0.697. The molecule has 19 heavy (non-hydrogen) atoms. The molecule has 98 valence electrons. The molecule has 0 atom stereocenters. The van der Waals surface area contributed by atoms with E-state index in [1.165, 1.54) is 25.1 Å². The number of nitrogens with zero attached hydrogens (tertiary/aromatic N) is 1. The zero-order valence-corrected chi connectivity index (χ0v) is 12.9. The Morgan fingerprint density at radius 1 is 1.16 bits per heavy atom. The molecule has 0 fully saturated rings. The van der Waals surface area contributed by atoms with Gasteiger partial charge >= 0.3 is 0 Å². The Morgan fingerprint density at radius 3 is 2.79 bits per heavy atom. The van der Waals surface area contributed by atoms with Gasteiger partial charge in [0.15, 0.2) is 0 Å². The first-order valence-electron chi connectivity index (χ1n) is 6.29. The highest BCUT2D eigenvalue weighted by molar-refractivity contribution is 9.11. The summed E-state index contributed by atoms with van der Waals surface area (Å²) in [4.78, 5) is 1.36. The van der Waals surface area contributed by atoms with Gasteiger partial charge in [0.2, 0.25) is 0 Å². The monoisotopic (exact) mass is 334 g/mol. The summed E-state index contributed by atoms with van der Waals surface area (Å²) in [5, 5.41) is 1.32. The predicted octanol–water partition coefficient (Wildman–Crippen LogP) is 4.01. The Hall–Kier alpha value is -1.10. The minimum atomic E-state index is 0.697. The normalized spacial score (nSPS) is 11.3. The third-order valence-corrected chi connectivity index (χ3v) is 4.88. The van der Waals surface area contributed by atoms with Crippen LogP contribution >= 0.6 is 27.3 Å². The summed E-state index contributed by atoms with van der Waals surface area (Å²) < 4.78 is 3.48. The van der Waals surface area contributed by atoms with Crippen molar-refractivity contribution < 1.29 is 0 Å². The van der Waals surface area contributed by atoms with Crippen molar-refractivity contribution in [3.05, 3.63) is 56.8 Å². The highest BCUT2D eigenvalue weighted by Gasteiger charge is 2.06. The molecule has 0 saturated carbocycles. The van der Waals surface area contributed by atoms with Gasteiger partial charge in [-0.25, -0.2) is 0 Å². The Bertz CT molecular complexity index is 699. The lowest BCUT2D eigenvalue weighted by Crippen LogP contribution is -2.03. The van der Waals surface area contributed by atoms with E-state index in [0.717, 1.165) is 13.0 Å². The van der Waals surface area contributed by atoms with E-state index in [1.807, 2.05) is 0 Å². The average molecular weight is 335 g/mol. The summed E-state index contributed by atoms with van der Waals surface area (Å²) >= 11 is 5.30. The molecule has 0 aliphatic rings. The number of hydrogen-bond acceptors (Lipinski definition) is 2. The average Bonchev–Trinajstić information content (AvgIpc) is 2.99. The topological polar surface area (TPSA) is 30.9 Å². The fourth-order valence-corrected chi connectivity index (χ4v) is 3.89. The molecule has 2 nitrogen and oxygen atoms in total. The van der Waals surface area contributed by atoms with Crippen molar-refractivity contribution in [3.8, 4) is 0 Å². The molecular weight excluding hydrogens is 320 g/mol. The molecule has 2 heterocycles. The van der Waals surface area contributed by atoms with Crippen LogP contribution in [0.5, 0.6) is 0 Å². The first-order valence-corrected chi connectivity index (χ1v) is 7.90. The van der Waals surface area contributed by atoms with E-state index in [9.17, 15) is 0 Å². The highest BCUT2D eigenvalue weighted by atomic mass is 79.9. The first kappa shape index (κ1) is 12.9. The quantitative estimate of drug-likeness (QED) is 0.767. The summed E-state index contributed by atoms with van der Waals surface area (Å²) in [5.74, 6) is 0. The molecule has 0 bridgehead atoms. The van der Waals surface area contributed by atoms with Crippen molar-refractivity contribution in [2.45, 2.75) is 13.0 Å². The minimum Gasteiger partial charge on any atom is -0.342 e. The van der Waals surface area contributed by atoms with Crippen molar-refractivity contribution in [2.75, 3.05) is 6.54 Å². The van der Waals surface area contributed by atoms with Gasteiger partial charge in [-0.2, -0.15) is 0 Å². The van der Waals surface area contributed by atoms with Gasteiger partial charge in [-0.3, -0.25) is 0 Å². The van der Waals surface area contributed by atoms with Gasteiger partial charge < -0.3 is 10.3 Å².